The molecule has 0 bridgehead atoms. The van der Waals surface area contributed by atoms with Crippen molar-refractivity contribution in [3.8, 4) is 0 Å². The highest BCUT2D eigenvalue weighted by Crippen LogP contribution is 2.33. The molecule has 0 N–H and O–H groups in total. The first-order valence-electron chi connectivity index (χ1n) is 11.1. The predicted molar refractivity (Wildman–Crippen MR) is 118 cm³/mol. The van der Waals surface area contributed by atoms with Crippen LogP contribution in [0.15, 0.2) is 60.7 Å². The van der Waals surface area contributed by atoms with Gasteiger partial charge >= 0.3 is 6.03 Å². The molecule has 4 rings (SSSR count). The number of carbonyl (C=O) groups is 3. The summed E-state index contributed by atoms with van der Waals surface area (Å²) in [5.41, 5.74) is 1.70. The second-order valence-corrected chi connectivity index (χ2v) is 8.28. The first-order chi connectivity index (χ1) is 15.1. The highest BCUT2D eigenvalue weighted by molar-refractivity contribution is 6.06. The number of likely N-dealkylation sites (tertiary alicyclic amines) is 1. The van der Waals surface area contributed by atoms with Crippen molar-refractivity contribution in [2.24, 2.45) is 0 Å². The first-order valence-corrected chi connectivity index (χ1v) is 11.1. The highest BCUT2D eigenvalue weighted by atomic mass is 16.2. The molecule has 0 aromatic heterocycles. The summed E-state index contributed by atoms with van der Waals surface area (Å²) >= 11 is 0. The fraction of sp³-hybridized carbons (Fsp3) is 0.400. The van der Waals surface area contributed by atoms with Crippen LogP contribution >= 0.6 is 0 Å². The summed E-state index contributed by atoms with van der Waals surface area (Å²) in [6.07, 6.45) is 3.96. The van der Waals surface area contributed by atoms with Gasteiger partial charge in [-0.3, -0.25) is 14.5 Å². The molecule has 0 aliphatic carbocycles. The number of hydrogen-bond donors (Lipinski definition) is 0. The van der Waals surface area contributed by atoms with Crippen LogP contribution in [0.25, 0.3) is 0 Å². The smallest absolute Gasteiger partial charge is 0.328 e. The standard InChI is InChI=1S/C25H29N3O3/c1-2-21-15-9-10-16-26(21)22(29)18-28-24(30)23(20-13-7-4-8-14-20)27(25(28)31)17-19-11-5-3-6-12-19/h3-8,11-14,21,23H,2,9-10,15-18H2,1H3. The van der Waals surface area contributed by atoms with Crippen molar-refractivity contribution >= 4 is 17.8 Å². The summed E-state index contributed by atoms with van der Waals surface area (Å²) in [4.78, 5) is 44.4. The quantitative estimate of drug-likeness (QED) is 0.666. The van der Waals surface area contributed by atoms with E-state index in [1.54, 1.807) is 4.90 Å². The third-order valence-electron chi connectivity index (χ3n) is 6.31. The molecular weight excluding hydrogens is 390 g/mol. The van der Waals surface area contributed by atoms with Crippen LogP contribution in [0.5, 0.6) is 0 Å². The van der Waals surface area contributed by atoms with Gasteiger partial charge in [-0.1, -0.05) is 67.6 Å². The Morgan fingerprint density at radius 2 is 1.65 bits per heavy atom. The number of piperidine rings is 1. The molecule has 2 aliphatic rings. The zero-order valence-electron chi connectivity index (χ0n) is 17.9. The maximum atomic E-state index is 13.4. The SMILES string of the molecule is CCC1CCCCN1C(=O)CN1C(=O)C(c2ccccc2)N(Cc2ccccc2)C1=O. The molecule has 2 saturated heterocycles. The van der Waals surface area contributed by atoms with Gasteiger partial charge in [-0.2, -0.15) is 0 Å². The largest absolute Gasteiger partial charge is 0.338 e. The number of hydrogen-bond acceptors (Lipinski definition) is 3. The molecule has 0 radical (unpaired) electrons. The van der Waals surface area contributed by atoms with Gasteiger partial charge in [0.05, 0.1) is 0 Å². The molecule has 2 atom stereocenters. The second kappa shape index (κ2) is 9.33. The normalized spacial score (nSPS) is 21.6. The Labute approximate surface area is 183 Å². The molecule has 2 aliphatic heterocycles. The van der Waals surface area contributed by atoms with E-state index < -0.39 is 12.1 Å². The molecular formula is C25H29N3O3. The van der Waals surface area contributed by atoms with Crippen LogP contribution in [-0.4, -0.2) is 51.7 Å². The summed E-state index contributed by atoms with van der Waals surface area (Å²) in [7, 11) is 0. The molecule has 162 valence electrons. The Morgan fingerprint density at radius 1 is 0.968 bits per heavy atom. The van der Waals surface area contributed by atoms with E-state index in [1.165, 1.54) is 0 Å². The molecule has 6 heteroatoms. The molecule has 6 nitrogen and oxygen atoms in total. The summed E-state index contributed by atoms with van der Waals surface area (Å²) in [6.45, 7) is 2.90. The van der Waals surface area contributed by atoms with Gasteiger partial charge in [-0.15, -0.1) is 0 Å². The van der Waals surface area contributed by atoms with Crippen LogP contribution in [0, 0.1) is 0 Å². The number of urea groups is 1. The van der Waals surface area contributed by atoms with Crippen LogP contribution in [0.1, 0.15) is 49.8 Å². The Morgan fingerprint density at radius 3 is 2.32 bits per heavy atom. The topological polar surface area (TPSA) is 60.9 Å². The van der Waals surface area contributed by atoms with E-state index in [-0.39, 0.29) is 24.4 Å². The minimum absolute atomic E-state index is 0.137. The van der Waals surface area contributed by atoms with E-state index in [4.69, 9.17) is 0 Å². The Hall–Kier alpha value is -3.15. The van der Waals surface area contributed by atoms with Crippen LogP contribution in [0.2, 0.25) is 0 Å². The molecule has 2 aromatic carbocycles. The van der Waals surface area contributed by atoms with E-state index in [1.807, 2.05) is 65.6 Å². The maximum Gasteiger partial charge on any atom is 0.328 e. The third-order valence-corrected chi connectivity index (χ3v) is 6.31. The fourth-order valence-corrected chi connectivity index (χ4v) is 4.66. The number of nitrogens with zero attached hydrogens (tertiary/aromatic N) is 3. The van der Waals surface area contributed by atoms with Gasteiger partial charge in [-0.25, -0.2) is 4.79 Å². The first kappa shape index (κ1) is 21.1. The third kappa shape index (κ3) is 4.33. The fourth-order valence-electron chi connectivity index (χ4n) is 4.66. The van der Waals surface area contributed by atoms with Crippen molar-refractivity contribution in [3.63, 3.8) is 0 Å². The lowest BCUT2D eigenvalue weighted by atomic mass is 10.00. The highest BCUT2D eigenvalue weighted by Gasteiger charge is 2.47. The minimum atomic E-state index is -0.718. The summed E-state index contributed by atoms with van der Waals surface area (Å²) in [5.74, 6) is -0.466. The average molecular weight is 420 g/mol. The zero-order valence-corrected chi connectivity index (χ0v) is 17.9. The summed E-state index contributed by atoms with van der Waals surface area (Å²) < 4.78 is 0. The predicted octanol–water partition coefficient (Wildman–Crippen LogP) is 3.98. The number of carbonyl (C=O) groups excluding carboxylic acids is 3. The lowest BCUT2D eigenvalue weighted by Crippen LogP contribution is -2.49. The van der Waals surface area contributed by atoms with Gasteiger partial charge in [0, 0.05) is 19.1 Å². The Bertz CT molecular complexity index is 932. The van der Waals surface area contributed by atoms with E-state index in [0.717, 1.165) is 41.7 Å². The van der Waals surface area contributed by atoms with Crippen LogP contribution in [-0.2, 0) is 16.1 Å². The van der Waals surface area contributed by atoms with Gasteiger partial charge in [-0.05, 0) is 36.8 Å². The second-order valence-electron chi connectivity index (χ2n) is 8.28. The molecule has 0 saturated carbocycles. The van der Waals surface area contributed by atoms with Gasteiger partial charge in [0.25, 0.3) is 5.91 Å². The van der Waals surface area contributed by atoms with Crippen molar-refractivity contribution in [1.29, 1.82) is 0 Å². The number of benzene rings is 2. The van der Waals surface area contributed by atoms with E-state index >= 15 is 0 Å². The average Bonchev–Trinajstić information content (AvgIpc) is 3.04. The van der Waals surface area contributed by atoms with Gasteiger partial charge in [0.15, 0.2) is 0 Å². The molecule has 2 aromatic rings. The van der Waals surface area contributed by atoms with Crippen LogP contribution in [0.4, 0.5) is 4.79 Å². The summed E-state index contributed by atoms with van der Waals surface area (Å²) in [6, 6.07) is 18.0. The molecule has 4 amide bonds. The monoisotopic (exact) mass is 419 g/mol. The minimum Gasteiger partial charge on any atom is -0.338 e. The zero-order chi connectivity index (χ0) is 21.8. The number of amides is 4. The van der Waals surface area contributed by atoms with E-state index in [9.17, 15) is 14.4 Å². The Kier molecular flexibility index (Phi) is 6.35. The van der Waals surface area contributed by atoms with Crippen molar-refractivity contribution in [1.82, 2.24) is 14.7 Å². The summed E-state index contributed by atoms with van der Waals surface area (Å²) in [5, 5.41) is 0. The van der Waals surface area contributed by atoms with E-state index in [0.29, 0.717) is 13.1 Å². The molecule has 2 fully saturated rings. The molecule has 0 spiro atoms. The van der Waals surface area contributed by atoms with Gasteiger partial charge in [0.2, 0.25) is 5.91 Å². The van der Waals surface area contributed by atoms with Crippen molar-refractivity contribution in [2.45, 2.75) is 51.2 Å². The maximum absolute atomic E-state index is 13.4. The van der Waals surface area contributed by atoms with Crippen molar-refractivity contribution in [3.05, 3.63) is 71.8 Å². The Balaban J connectivity index is 1.59. The van der Waals surface area contributed by atoms with Crippen molar-refractivity contribution < 1.29 is 14.4 Å². The molecule has 2 heterocycles. The van der Waals surface area contributed by atoms with Crippen molar-refractivity contribution in [2.75, 3.05) is 13.1 Å². The van der Waals surface area contributed by atoms with Crippen LogP contribution in [0.3, 0.4) is 0 Å². The number of imide groups is 1. The molecule has 31 heavy (non-hydrogen) atoms. The van der Waals surface area contributed by atoms with Gasteiger partial charge in [0.1, 0.15) is 12.6 Å². The van der Waals surface area contributed by atoms with E-state index in [2.05, 4.69) is 6.92 Å². The lowest BCUT2D eigenvalue weighted by molar-refractivity contribution is -0.140. The molecule has 2 unspecified atom stereocenters. The number of rotatable bonds is 6. The van der Waals surface area contributed by atoms with Crippen LogP contribution < -0.4 is 0 Å². The lowest BCUT2D eigenvalue weighted by Gasteiger charge is -2.36. The van der Waals surface area contributed by atoms with Gasteiger partial charge < -0.3 is 9.80 Å².